The maximum Gasteiger partial charge on any atom is 0.333 e. The lowest BCUT2D eigenvalue weighted by Gasteiger charge is -2.27. The first kappa shape index (κ1) is 10.6. The number of carbonyl (C=O) groups excluding carboxylic acids is 2. The Morgan fingerprint density at radius 3 is 2.38 bits per heavy atom. The third-order valence-electron chi connectivity index (χ3n) is 2.41. The van der Waals surface area contributed by atoms with Gasteiger partial charge >= 0.3 is 11.9 Å². The number of aryl methyl sites for hydroxylation is 2. The van der Waals surface area contributed by atoms with Crippen molar-refractivity contribution in [3.8, 4) is 0 Å². The minimum absolute atomic E-state index is 0.0946. The third kappa shape index (κ3) is 2.03. The van der Waals surface area contributed by atoms with Crippen LogP contribution in [0.15, 0.2) is 12.1 Å². The van der Waals surface area contributed by atoms with E-state index in [0.29, 0.717) is 0 Å². The Balaban J connectivity index is 2.29. The molecule has 0 aromatic carbocycles. The summed E-state index contributed by atoms with van der Waals surface area (Å²) in [6, 6.07) is 3.72. The van der Waals surface area contributed by atoms with Crippen LogP contribution < -0.4 is 4.90 Å². The van der Waals surface area contributed by atoms with Crippen molar-refractivity contribution in [3.63, 3.8) is 0 Å². The summed E-state index contributed by atoms with van der Waals surface area (Å²) in [4.78, 5) is 28.2. The predicted molar refractivity (Wildman–Crippen MR) is 57.0 cm³/mol. The summed E-state index contributed by atoms with van der Waals surface area (Å²) in [5.74, 6) is -1.03. The average molecular weight is 220 g/mol. The van der Waals surface area contributed by atoms with Gasteiger partial charge in [0.2, 0.25) is 0 Å². The number of esters is 2. The molecule has 84 valence electrons. The van der Waals surface area contributed by atoms with Crippen molar-refractivity contribution in [1.82, 2.24) is 4.98 Å². The van der Waals surface area contributed by atoms with Crippen LogP contribution >= 0.6 is 0 Å². The number of hydrogen-bond donors (Lipinski definition) is 0. The van der Waals surface area contributed by atoms with Gasteiger partial charge in [-0.1, -0.05) is 0 Å². The van der Waals surface area contributed by atoms with E-state index in [0.717, 1.165) is 17.1 Å². The Labute approximate surface area is 93.0 Å². The molecule has 0 aliphatic carbocycles. The molecule has 2 heterocycles. The summed E-state index contributed by atoms with van der Waals surface area (Å²) in [5.41, 5.74) is 2.52. The van der Waals surface area contributed by atoms with Crippen molar-refractivity contribution in [2.24, 2.45) is 0 Å². The molecule has 1 aromatic rings. The maximum absolute atomic E-state index is 11.1. The largest absolute Gasteiger partial charge is 0.390 e. The van der Waals surface area contributed by atoms with Gasteiger partial charge in [0.1, 0.15) is 13.1 Å². The number of pyridine rings is 1. The SMILES string of the molecule is Cc1ccc(N2CC(=O)OC(=O)C2)c(C)n1. The van der Waals surface area contributed by atoms with E-state index in [1.807, 2.05) is 26.0 Å². The zero-order valence-electron chi connectivity index (χ0n) is 9.19. The number of carbonyl (C=O) groups is 2. The van der Waals surface area contributed by atoms with Crippen LogP contribution in [0.1, 0.15) is 11.4 Å². The van der Waals surface area contributed by atoms with Gasteiger partial charge in [-0.25, -0.2) is 9.59 Å². The summed E-state index contributed by atoms with van der Waals surface area (Å²) in [6.07, 6.45) is 0. The van der Waals surface area contributed by atoms with Gasteiger partial charge in [-0.2, -0.15) is 0 Å². The quantitative estimate of drug-likeness (QED) is 0.512. The van der Waals surface area contributed by atoms with Gasteiger partial charge in [0.05, 0.1) is 11.4 Å². The monoisotopic (exact) mass is 220 g/mol. The first-order valence-electron chi connectivity index (χ1n) is 4.99. The van der Waals surface area contributed by atoms with Gasteiger partial charge in [0, 0.05) is 5.69 Å². The molecule has 1 saturated heterocycles. The summed E-state index contributed by atoms with van der Waals surface area (Å²) in [7, 11) is 0. The van der Waals surface area contributed by atoms with E-state index in [1.54, 1.807) is 4.90 Å². The van der Waals surface area contributed by atoms with E-state index in [1.165, 1.54) is 0 Å². The Morgan fingerprint density at radius 2 is 1.81 bits per heavy atom. The van der Waals surface area contributed by atoms with Gasteiger partial charge in [0.15, 0.2) is 0 Å². The predicted octanol–water partition coefficient (Wildman–Crippen LogP) is 0.588. The van der Waals surface area contributed by atoms with Crippen molar-refractivity contribution in [2.75, 3.05) is 18.0 Å². The molecule has 0 radical (unpaired) electrons. The van der Waals surface area contributed by atoms with Crippen LogP contribution in [-0.2, 0) is 14.3 Å². The zero-order chi connectivity index (χ0) is 11.7. The fraction of sp³-hybridized carbons (Fsp3) is 0.364. The van der Waals surface area contributed by atoms with Gasteiger partial charge in [-0.05, 0) is 26.0 Å². The van der Waals surface area contributed by atoms with E-state index in [9.17, 15) is 9.59 Å². The smallest absolute Gasteiger partial charge is 0.333 e. The van der Waals surface area contributed by atoms with Gasteiger partial charge in [0.25, 0.3) is 0 Å². The minimum atomic E-state index is -0.517. The standard InChI is InChI=1S/C11H12N2O3/c1-7-3-4-9(8(2)12-7)13-5-10(14)16-11(15)6-13/h3-4H,5-6H2,1-2H3. The average Bonchev–Trinajstić information content (AvgIpc) is 2.15. The minimum Gasteiger partial charge on any atom is -0.390 e. The highest BCUT2D eigenvalue weighted by atomic mass is 16.6. The number of anilines is 1. The molecule has 1 aliphatic rings. The molecule has 0 unspecified atom stereocenters. The van der Waals surface area contributed by atoms with Gasteiger partial charge in [-0.3, -0.25) is 4.98 Å². The molecule has 0 atom stereocenters. The number of cyclic esters (lactones) is 2. The molecule has 0 saturated carbocycles. The van der Waals surface area contributed by atoms with Gasteiger partial charge < -0.3 is 9.64 Å². The summed E-state index contributed by atoms with van der Waals surface area (Å²) in [5, 5.41) is 0. The van der Waals surface area contributed by atoms with E-state index < -0.39 is 11.9 Å². The lowest BCUT2D eigenvalue weighted by Crippen LogP contribution is -2.43. The molecule has 0 amide bonds. The fourth-order valence-corrected chi connectivity index (χ4v) is 1.74. The van der Waals surface area contributed by atoms with Crippen molar-refractivity contribution in [2.45, 2.75) is 13.8 Å². The molecular weight excluding hydrogens is 208 g/mol. The van der Waals surface area contributed by atoms with Crippen molar-refractivity contribution in [3.05, 3.63) is 23.5 Å². The van der Waals surface area contributed by atoms with Gasteiger partial charge in [-0.15, -0.1) is 0 Å². The Kier molecular flexibility index (Phi) is 2.60. The lowest BCUT2D eigenvalue weighted by atomic mass is 10.2. The molecule has 1 aromatic heterocycles. The molecule has 1 fully saturated rings. The maximum atomic E-state index is 11.1. The zero-order valence-corrected chi connectivity index (χ0v) is 9.19. The molecular formula is C11H12N2O3. The fourth-order valence-electron chi connectivity index (χ4n) is 1.74. The molecule has 0 N–H and O–H groups in total. The number of morpholine rings is 1. The normalized spacial score (nSPS) is 16.2. The molecule has 2 rings (SSSR count). The molecule has 16 heavy (non-hydrogen) atoms. The Hall–Kier alpha value is -1.91. The van der Waals surface area contributed by atoms with Crippen molar-refractivity contribution < 1.29 is 14.3 Å². The third-order valence-corrected chi connectivity index (χ3v) is 2.41. The van der Waals surface area contributed by atoms with Crippen LogP contribution in [0.2, 0.25) is 0 Å². The highest BCUT2D eigenvalue weighted by Gasteiger charge is 2.25. The summed E-state index contributed by atoms with van der Waals surface area (Å²) < 4.78 is 4.46. The molecule has 0 bridgehead atoms. The second-order valence-corrected chi connectivity index (χ2v) is 3.76. The van der Waals surface area contributed by atoms with E-state index in [4.69, 9.17) is 0 Å². The van der Waals surface area contributed by atoms with E-state index in [2.05, 4.69) is 9.72 Å². The van der Waals surface area contributed by atoms with Crippen molar-refractivity contribution >= 4 is 17.6 Å². The molecule has 5 nitrogen and oxygen atoms in total. The van der Waals surface area contributed by atoms with Crippen LogP contribution in [0.25, 0.3) is 0 Å². The van der Waals surface area contributed by atoms with E-state index >= 15 is 0 Å². The number of aromatic nitrogens is 1. The van der Waals surface area contributed by atoms with Crippen LogP contribution in [-0.4, -0.2) is 30.0 Å². The first-order valence-corrected chi connectivity index (χ1v) is 4.99. The number of ether oxygens (including phenoxy) is 1. The summed E-state index contributed by atoms with van der Waals surface area (Å²) >= 11 is 0. The summed E-state index contributed by atoms with van der Waals surface area (Å²) in [6.45, 7) is 3.94. The van der Waals surface area contributed by atoms with Crippen LogP contribution in [0.5, 0.6) is 0 Å². The number of nitrogens with zero attached hydrogens (tertiary/aromatic N) is 2. The van der Waals surface area contributed by atoms with Crippen LogP contribution in [0.4, 0.5) is 5.69 Å². The lowest BCUT2D eigenvalue weighted by molar-refractivity contribution is -0.160. The second-order valence-electron chi connectivity index (χ2n) is 3.76. The van der Waals surface area contributed by atoms with E-state index in [-0.39, 0.29) is 13.1 Å². The number of rotatable bonds is 1. The molecule has 5 heteroatoms. The van der Waals surface area contributed by atoms with Crippen LogP contribution in [0.3, 0.4) is 0 Å². The molecule has 0 spiro atoms. The number of hydrogen-bond acceptors (Lipinski definition) is 5. The highest BCUT2D eigenvalue weighted by Crippen LogP contribution is 2.20. The Morgan fingerprint density at radius 1 is 1.19 bits per heavy atom. The second kappa shape index (κ2) is 3.92. The van der Waals surface area contributed by atoms with Crippen LogP contribution in [0, 0.1) is 13.8 Å². The van der Waals surface area contributed by atoms with Crippen molar-refractivity contribution in [1.29, 1.82) is 0 Å². The highest BCUT2D eigenvalue weighted by molar-refractivity contribution is 5.94. The Bertz CT molecular complexity index is 441. The first-order chi connectivity index (χ1) is 7.56. The molecule has 1 aliphatic heterocycles. The topological polar surface area (TPSA) is 59.5 Å².